The zero-order valence-electron chi connectivity index (χ0n) is 10.6. The molecule has 0 aliphatic heterocycles. The lowest BCUT2D eigenvalue weighted by atomic mass is 10.4. The molecule has 0 radical (unpaired) electrons. The van der Waals surface area contributed by atoms with Crippen LogP contribution in [0.2, 0.25) is 0 Å². The highest BCUT2D eigenvalue weighted by Crippen LogP contribution is 2.31. The maximum Gasteiger partial charge on any atom is 0.372 e. The fourth-order valence-corrected chi connectivity index (χ4v) is 1.34. The highest BCUT2D eigenvalue weighted by Gasteiger charge is 2.25. The Kier molecular flexibility index (Phi) is 5.25. The van der Waals surface area contributed by atoms with Crippen LogP contribution in [-0.2, 0) is 11.2 Å². The van der Waals surface area contributed by atoms with E-state index in [-0.39, 0.29) is 17.4 Å². The van der Waals surface area contributed by atoms with Gasteiger partial charge in [-0.1, -0.05) is 6.92 Å². The molecule has 1 aromatic heterocycles. The number of nitrogens with one attached hydrogen (secondary N) is 1. The van der Waals surface area contributed by atoms with Gasteiger partial charge in [-0.25, -0.2) is 4.98 Å². The van der Waals surface area contributed by atoms with E-state index < -0.39 is 4.92 Å². The van der Waals surface area contributed by atoms with Crippen molar-refractivity contribution in [1.82, 2.24) is 9.97 Å². The van der Waals surface area contributed by atoms with Gasteiger partial charge in [0.25, 0.3) is 5.88 Å². The fourth-order valence-electron chi connectivity index (χ4n) is 1.34. The molecule has 0 saturated heterocycles. The van der Waals surface area contributed by atoms with Gasteiger partial charge in [-0.15, -0.1) is 0 Å². The molecule has 1 rings (SSSR count). The van der Waals surface area contributed by atoms with Crippen molar-refractivity contribution in [3.05, 3.63) is 15.9 Å². The second kappa shape index (κ2) is 6.70. The van der Waals surface area contributed by atoms with Crippen molar-refractivity contribution in [3.8, 4) is 5.88 Å². The summed E-state index contributed by atoms with van der Waals surface area (Å²) >= 11 is 0. The zero-order valence-corrected chi connectivity index (χ0v) is 10.6. The number of aromatic nitrogens is 2. The van der Waals surface area contributed by atoms with Gasteiger partial charge in [0.15, 0.2) is 0 Å². The van der Waals surface area contributed by atoms with Gasteiger partial charge in [0.2, 0.25) is 5.82 Å². The maximum atomic E-state index is 11.0. The average Bonchev–Trinajstić information content (AvgIpc) is 2.37. The molecular formula is C10H16N4O4. The van der Waals surface area contributed by atoms with E-state index in [1.807, 2.05) is 6.92 Å². The predicted octanol–water partition coefficient (Wildman–Crippen LogP) is 1.01. The van der Waals surface area contributed by atoms with Crippen LogP contribution in [0.4, 0.5) is 11.5 Å². The van der Waals surface area contributed by atoms with Crippen molar-refractivity contribution in [1.29, 1.82) is 0 Å². The Hall–Kier alpha value is -1.96. The molecule has 0 aliphatic carbocycles. The highest BCUT2D eigenvalue weighted by atomic mass is 16.6. The third-order valence-corrected chi connectivity index (χ3v) is 2.19. The van der Waals surface area contributed by atoms with Crippen molar-refractivity contribution < 1.29 is 14.4 Å². The van der Waals surface area contributed by atoms with Crippen molar-refractivity contribution in [2.75, 3.05) is 32.7 Å². The van der Waals surface area contributed by atoms with Gasteiger partial charge in [0.05, 0.1) is 18.6 Å². The summed E-state index contributed by atoms with van der Waals surface area (Å²) in [6.07, 6.45) is 0.563. The maximum absolute atomic E-state index is 11.0. The Morgan fingerprint density at radius 1 is 1.39 bits per heavy atom. The van der Waals surface area contributed by atoms with Crippen LogP contribution >= 0.6 is 0 Å². The number of methoxy groups -OCH3 is 2. The lowest BCUT2D eigenvalue weighted by molar-refractivity contribution is -0.385. The van der Waals surface area contributed by atoms with Gasteiger partial charge in [-0.05, 0) is 0 Å². The molecule has 0 amide bonds. The van der Waals surface area contributed by atoms with E-state index in [1.54, 1.807) is 7.11 Å². The summed E-state index contributed by atoms with van der Waals surface area (Å²) in [7, 11) is 2.89. The molecule has 0 aromatic carbocycles. The molecule has 0 spiro atoms. The molecule has 0 bridgehead atoms. The average molecular weight is 256 g/mol. The third kappa shape index (κ3) is 3.27. The summed E-state index contributed by atoms with van der Waals surface area (Å²) in [5, 5.41) is 13.9. The van der Waals surface area contributed by atoms with Gasteiger partial charge >= 0.3 is 5.69 Å². The van der Waals surface area contributed by atoms with E-state index in [9.17, 15) is 10.1 Å². The minimum Gasteiger partial charge on any atom is -0.476 e. The molecule has 1 heterocycles. The Balaban J connectivity index is 3.13. The molecule has 0 fully saturated rings. The first-order chi connectivity index (χ1) is 8.63. The van der Waals surface area contributed by atoms with Crippen molar-refractivity contribution in [2.45, 2.75) is 13.3 Å². The van der Waals surface area contributed by atoms with E-state index in [0.29, 0.717) is 25.4 Å². The predicted molar refractivity (Wildman–Crippen MR) is 65.0 cm³/mol. The first-order valence-corrected chi connectivity index (χ1v) is 5.46. The highest BCUT2D eigenvalue weighted by molar-refractivity contribution is 5.61. The molecule has 0 saturated carbocycles. The van der Waals surface area contributed by atoms with Crippen molar-refractivity contribution >= 4 is 11.5 Å². The summed E-state index contributed by atoms with van der Waals surface area (Å²) in [5.74, 6) is 0.602. The van der Waals surface area contributed by atoms with E-state index >= 15 is 0 Å². The molecule has 0 atom stereocenters. The van der Waals surface area contributed by atoms with E-state index in [0.717, 1.165) is 0 Å². The van der Waals surface area contributed by atoms with Gasteiger partial charge in [-0.3, -0.25) is 10.1 Å². The number of nitrogens with zero attached hydrogens (tertiary/aromatic N) is 3. The number of rotatable bonds is 7. The molecule has 18 heavy (non-hydrogen) atoms. The van der Waals surface area contributed by atoms with Crippen LogP contribution in [0.15, 0.2) is 0 Å². The minimum atomic E-state index is -0.562. The normalized spacial score (nSPS) is 10.2. The monoisotopic (exact) mass is 256 g/mol. The minimum absolute atomic E-state index is 0.0354. The second-order valence-electron chi connectivity index (χ2n) is 3.38. The van der Waals surface area contributed by atoms with E-state index in [2.05, 4.69) is 15.3 Å². The van der Waals surface area contributed by atoms with Gasteiger partial charge in [-0.2, -0.15) is 4.98 Å². The molecule has 100 valence electrons. The number of nitro groups is 1. The lowest BCUT2D eigenvalue weighted by Crippen LogP contribution is -2.13. The number of hydrogen-bond donors (Lipinski definition) is 1. The van der Waals surface area contributed by atoms with Crippen molar-refractivity contribution in [3.63, 3.8) is 0 Å². The number of anilines is 1. The Morgan fingerprint density at radius 3 is 2.61 bits per heavy atom. The third-order valence-electron chi connectivity index (χ3n) is 2.19. The molecule has 0 aliphatic rings. The summed E-state index contributed by atoms with van der Waals surface area (Å²) in [6.45, 7) is 2.70. The largest absolute Gasteiger partial charge is 0.476 e. The fraction of sp³-hybridized carbons (Fsp3) is 0.600. The van der Waals surface area contributed by atoms with Crippen LogP contribution < -0.4 is 10.1 Å². The summed E-state index contributed by atoms with van der Waals surface area (Å²) in [5.41, 5.74) is -0.259. The number of hydrogen-bond acceptors (Lipinski definition) is 7. The second-order valence-corrected chi connectivity index (χ2v) is 3.38. The molecule has 0 unspecified atom stereocenters. The molecule has 8 heteroatoms. The van der Waals surface area contributed by atoms with Gasteiger partial charge in [0, 0.05) is 20.1 Å². The Bertz CT molecular complexity index is 425. The molecule has 1 N–H and O–H groups in total. The van der Waals surface area contributed by atoms with Crippen LogP contribution in [0.25, 0.3) is 0 Å². The van der Waals surface area contributed by atoms with E-state index in [1.165, 1.54) is 7.11 Å². The topological polar surface area (TPSA) is 99.4 Å². The number of ether oxygens (including phenoxy) is 2. The smallest absolute Gasteiger partial charge is 0.372 e. The SMILES string of the molecule is CCc1nc(NCCOC)c([N+](=O)[O-])c(OC)n1. The molecule has 8 nitrogen and oxygen atoms in total. The standard InChI is InChI=1S/C10H16N4O4/c1-4-7-12-9(11-5-6-17-2)8(14(15)16)10(13-7)18-3/h4-6H2,1-3H3,(H,11,12,13). The summed E-state index contributed by atoms with van der Waals surface area (Å²) < 4.78 is 9.80. The summed E-state index contributed by atoms with van der Waals surface area (Å²) in [4.78, 5) is 18.5. The van der Waals surface area contributed by atoms with Crippen LogP contribution in [0.5, 0.6) is 5.88 Å². The lowest BCUT2D eigenvalue weighted by Gasteiger charge is -2.09. The van der Waals surface area contributed by atoms with Crippen LogP contribution in [-0.4, -0.2) is 42.3 Å². The first kappa shape index (κ1) is 14.1. The first-order valence-electron chi connectivity index (χ1n) is 5.46. The van der Waals surface area contributed by atoms with Gasteiger partial charge in [0.1, 0.15) is 5.82 Å². The quantitative estimate of drug-likeness (QED) is 0.441. The summed E-state index contributed by atoms with van der Waals surface area (Å²) in [6, 6.07) is 0. The van der Waals surface area contributed by atoms with Crippen molar-refractivity contribution in [2.24, 2.45) is 0 Å². The van der Waals surface area contributed by atoms with Gasteiger partial charge < -0.3 is 14.8 Å². The molecule has 1 aromatic rings. The van der Waals surface area contributed by atoms with Crippen LogP contribution in [0, 0.1) is 10.1 Å². The van der Waals surface area contributed by atoms with Crippen LogP contribution in [0.3, 0.4) is 0 Å². The van der Waals surface area contributed by atoms with E-state index in [4.69, 9.17) is 9.47 Å². The Labute approximate surface area is 104 Å². The van der Waals surface area contributed by atoms with Crippen LogP contribution in [0.1, 0.15) is 12.7 Å². The zero-order chi connectivity index (χ0) is 13.5. The number of aryl methyl sites for hydroxylation is 1. The Morgan fingerprint density at radius 2 is 2.11 bits per heavy atom. The molecular weight excluding hydrogens is 240 g/mol.